The van der Waals surface area contributed by atoms with E-state index in [9.17, 15) is 0 Å². The predicted molar refractivity (Wildman–Crippen MR) is 268 cm³/mol. The summed E-state index contributed by atoms with van der Waals surface area (Å²) >= 11 is 1.89. The molecule has 0 fully saturated rings. The third-order valence-corrected chi connectivity index (χ3v) is 15.0. The van der Waals surface area contributed by atoms with Gasteiger partial charge in [-0.2, -0.15) is 0 Å². The molecule has 14 rings (SSSR count). The van der Waals surface area contributed by atoms with Crippen molar-refractivity contribution in [3.8, 4) is 44.5 Å². The zero-order chi connectivity index (χ0) is 41.9. The van der Waals surface area contributed by atoms with E-state index in [4.69, 9.17) is 4.42 Å². The van der Waals surface area contributed by atoms with Crippen molar-refractivity contribution in [1.82, 2.24) is 0 Å². The van der Waals surface area contributed by atoms with Crippen molar-refractivity contribution in [1.29, 1.82) is 0 Å². The molecule has 1 unspecified atom stereocenters. The van der Waals surface area contributed by atoms with Crippen LogP contribution >= 0.6 is 11.3 Å². The highest BCUT2D eigenvalue weighted by molar-refractivity contribution is 7.25. The molecule has 1 atom stereocenters. The van der Waals surface area contributed by atoms with Crippen LogP contribution in [-0.4, -0.2) is 0 Å². The third-order valence-electron chi connectivity index (χ3n) is 13.9. The fraction of sp³-hybridized carbons (Fsp3) is 0.0164. The molecule has 298 valence electrons. The van der Waals surface area contributed by atoms with Crippen LogP contribution < -0.4 is 4.90 Å². The molecule has 0 saturated heterocycles. The highest BCUT2D eigenvalue weighted by Gasteiger charge is 2.50. The first kappa shape index (κ1) is 35.6. The van der Waals surface area contributed by atoms with Gasteiger partial charge in [0, 0.05) is 54.1 Å². The number of benzene rings is 10. The van der Waals surface area contributed by atoms with Gasteiger partial charge in [-0.25, -0.2) is 0 Å². The Kier molecular flexibility index (Phi) is 7.51. The number of para-hydroxylation sites is 1. The van der Waals surface area contributed by atoms with Crippen LogP contribution in [0.25, 0.3) is 86.6 Å². The summed E-state index contributed by atoms with van der Waals surface area (Å²) in [5, 5.41) is 4.85. The Balaban J connectivity index is 1.09. The highest BCUT2D eigenvalue weighted by atomic mass is 32.1. The van der Waals surface area contributed by atoms with E-state index in [1.54, 1.807) is 0 Å². The van der Waals surface area contributed by atoms with E-state index in [1.165, 1.54) is 86.9 Å². The Morgan fingerprint density at radius 3 is 1.64 bits per heavy atom. The van der Waals surface area contributed by atoms with Gasteiger partial charge in [0.15, 0.2) is 0 Å². The molecule has 0 saturated carbocycles. The van der Waals surface area contributed by atoms with Crippen LogP contribution in [-0.2, 0) is 5.41 Å². The molecule has 0 bridgehead atoms. The molecule has 3 heteroatoms. The van der Waals surface area contributed by atoms with Crippen molar-refractivity contribution in [2.45, 2.75) is 5.41 Å². The lowest BCUT2D eigenvalue weighted by atomic mass is 9.65. The number of hydrogen-bond donors (Lipinski definition) is 0. The lowest BCUT2D eigenvalue weighted by Gasteiger charge is -2.36. The molecule has 0 aliphatic heterocycles. The van der Waals surface area contributed by atoms with Gasteiger partial charge >= 0.3 is 0 Å². The first-order chi connectivity index (χ1) is 31.7. The second-order valence-corrected chi connectivity index (χ2v) is 18.2. The van der Waals surface area contributed by atoms with Crippen LogP contribution in [0.15, 0.2) is 229 Å². The lowest BCUT2D eigenvalue weighted by molar-refractivity contribution is 0.669. The van der Waals surface area contributed by atoms with Crippen LogP contribution in [0, 0.1) is 0 Å². The SMILES string of the molecule is c1ccc(-c2ccc(N(c3ccc4c(c3)C3(c5ccccc5-c5ccccc5-4)c4ccccc4-c4cc5sc6ccccc6c5cc43)c3ccc4c(c3)oc3ccccc34)cc2)cc1. The van der Waals surface area contributed by atoms with Crippen molar-refractivity contribution >= 4 is 70.5 Å². The standard InChI is InChI=1S/C61H37NOS/c1-2-14-38(15-3-1)39-26-28-40(29-27-39)62(42-31-33-49-48-20-8-12-24-57(48)63-58(49)35-42)41-30-32-47-44-17-5-4-16-43(44)45-18-6-10-22-53(45)61(55(47)34-41)54-23-11-7-19-46(54)51-37-60-52(36-56(51)61)50-21-9-13-25-59(50)64-60/h1-37H. The maximum absolute atomic E-state index is 6.56. The van der Waals surface area contributed by atoms with E-state index in [2.05, 4.69) is 223 Å². The number of anilines is 3. The van der Waals surface area contributed by atoms with Gasteiger partial charge in [-0.05, 0) is 127 Å². The quantitative estimate of drug-likeness (QED) is 0.176. The molecular weight excluding hydrogens is 795 g/mol. The molecule has 0 radical (unpaired) electrons. The number of hydrogen-bond acceptors (Lipinski definition) is 3. The molecule has 2 aliphatic rings. The molecule has 10 aromatic carbocycles. The summed E-state index contributed by atoms with van der Waals surface area (Å²) < 4.78 is 9.20. The van der Waals surface area contributed by atoms with Gasteiger partial charge in [-0.1, -0.05) is 158 Å². The number of thiophene rings is 1. The first-order valence-corrected chi connectivity index (χ1v) is 22.8. The first-order valence-electron chi connectivity index (χ1n) is 22.0. The number of furan rings is 1. The van der Waals surface area contributed by atoms with E-state index in [0.717, 1.165) is 39.0 Å². The Morgan fingerprint density at radius 2 is 0.859 bits per heavy atom. The van der Waals surface area contributed by atoms with Gasteiger partial charge in [0.2, 0.25) is 0 Å². The van der Waals surface area contributed by atoms with Crippen LogP contribution in [0.1, 0.15) is 22.3 Å². The zero-order valence-electron chi connectivity index (χ0n) is 34.6. The summed E-state index contributed by atoms with van der Waals surface area (Å²) in [6.45, 7) is 0. The lowest BCUT2D eigenvalue weighted by Crippen LogP contribution is -2.29. The smallest absolute Gasteiger partial charge is 0.137 e. The van der Waals surface area contributed by atoms with Crippen molar-refractivity contribution < 1.29 is 4.42 Å². The Bertz CT molecular complexity index is 3860. The minimum absolute atomic E-state index is 0.643. The van der Waals surface area contributed by atoms with Crippen molar-refractivity contribution in [3.63, 3.8) is 0 Å². The monoisotopic (exact) mass is 831 g/mol. The molecule has 2 aliphatic carbocycles. The summed E-state index contributed by atoms with van der Waals surface area (Å²) in [7, 11) is 0. The van der Waals surface area contributed by atoms with Crippen molar-refractivity contribution in [3.05, 3.63) is 247 Å². The molecule has 2 aromatic heterocycles. The van der Waals surface area contributed by atoms with E-state index < -0.39 is 5.41 Å². The Hall–Kier alpha value is -7.98. The fourth-order valence-electron chi connectivity index (χ4n) is 11.2. The van der Waals surface area contributed by atoms with Crippen molar-refractivity contribution in [2.24, 2.45) is 0 Å². The molecule has 12 aromatic rings. The van der Waals surface area contributed by atoms with Crippen LogP contribution in [0.5, 0.6) is 0 Å². The molecule has 0 amide bonds. The summed E-state index contributed by atoms with van der Waals surface area (Å²) in [6.07, 6.45) is 0. The fourth-order valence-corrected chi connectivity index (χ4v) is 12.3. The Labute approximate surface area is 374 Å². The number of fused-ring (bicyclic) bond motifs is 18. The minimum Gasteiger partial charge on any atom is -0.456 e. The molecule has 0 N–H and O–H groups in total. The summed E-state index contributed by atoms with van der Waals surface area (Å²) in [5.74, 6) is 0. The van der Waals surface area contributed by atoms with Crippen LogP contribution in [0.4, 0.5) is 17.1 Å². The molecule has 2 nitrogen and oxygen atoms in total. The summed E-state index contributed by atoms with van der Waals surface area (Å²) in [5.41, 5.74) is 19.4. The van der Waals surface area contributed by atoms with E-state index in [1.807, 2.05) is 17.4 Å². The van der Waals surface area contributed by atoms with Gasteiger partial charge in [0.05, 0.1) is 5.41 Å². The maximum atomic E-state index is 6.56. The summed E-state index contributed by atoms with van der Waals surface area (Å²) in [6, 6.07) is 83.1. The van der Waals surface area contributed by atoms with E-state index in [0.29, 0.717) is 0 Å². The number of rotatable bonds is 4. The van der Waals surface area contributed by atoms with Crippen LogP contribution in [0.3, 0.4) is 0 Å². The van der Waals surface area contributed by atoms with Gasteiger partial charge < -0.3 is 9.32 Å². The Morgan fingerprint density at radius 1 is 0.312 bits per heavy atom. The van der Waals surface area contributed by atoms with Gasteiger partial charge in [0.25, 0.3) is 0 Å². The molecule has 2 heterocycles. The largest absolute Gasteiger partial charge is 0.456 e. The van der Waals surface area contributed by atoms with Gasteiger partial charge in [-0.3, -0.25) is 0 Å². The summed E-state index contributed by atoms with van der Waals surface area (Å²) in [4.78, 5) is 2.41. The predicted octanol–water partition coefficient (Wildman–Crippen LogP) is 17.1. The molecule has 1 spiro atoms. The number of nitrogens with zero attached hydrogens (tertiary/aromatic N) is 1. The average molecular weight is 832 g/mol. The second-order valence-electron chi connectivity index (χ2n) is 17.1. The third kappa shape index (κ3) is 4.96. The maximum Gasteiger partial charge on any atom is 0.137 e. The van der Waals surface area contributed by atoms with Gasteiger partial charge in [-0.15, -0.1) is 11.3 Å². The second kappa shape index (κ2) is 13.5. The van der Waals surface area contributed by atoms with E-state index in [-0.39, 0.29) is 0 Å². The van der Waals surface area contributed by atoms with Crippen molar-refractivity contribution in [2.75, 3.05) is 4.90 Å². The van der Waals surface area contributed by atoms with Gasteiger partial charge in [0.1, 0.15) is 11.2 Å². The average Bonchev–Trinajstić information content (AvgIpc) is 3.99. The molecule has 64 heavy (non-hydrogen) atoms. The molecular formula is C61H37NOS. The van der Waals surface area contributed by atoms with E-state index >= 15 is 0 Å². The topological polar surface area (TPSA) is 16.4 Å². The minimum atomic E-state index is -0.643. The highest BCUT2D eigenvalue weighted by Crippen LogP contribution is 2.63. The van der Waals surface area contributed by atoms with Crippen LogP contribution in [0.2, 0.25) is 0 Å². The normalized spacial score (nSPS) is 14.6. The zero-order valence-corrected chi connectivity index (χ0v) is 35.4.